The number of hydrogen-bond acceptors (Lipinski definition) is 5. The molecule has 1 aliphatic heterocycles. The average molecular weight is 166 g/mol. The van der Waals surface area contributed by atoms with Gasteiger partial charge in [0.1, 0.15) is 5.75 Å². The Morgan fingerprint density at radius 3 is 3.33 bits per heavy atom. The summed E-state index contributed by atoms with van der Waals surface area (Å²) >= 11 is 0. The van der Waals surface area contributed by atoms with Crippen LogP contribution in [-0.4, -0.2) is 6.73 Å². The highest BCUT2D eigenvalue weighted by Crippen LogP contribution is 2.32. The maximum Gasteiger partial charge on any atom is 0.163 e. The van der Waals surface area contributed by atoms with E-state index in [2.05, 4.69) is 15.5 Å². The standard InChI is InChI=1S/C7H6N2O3/c10-9-12-5-1-2-7-6(3-5)8-4-11-7/h1-3,8H,4H2. The maximum absolute atomic E-state index is 9.75. The molecule has 0 amide bonds. The van der Waals surface area contributed by atoms with Crippen molar-refractivity contribution in [2.75, 3.05) is 12.0 Å². The van der Waals surface area contributed by atoms with E-state index in [0.717, 1.165) is 11.4 Å². The van der Waals surface area contributed by atoms with Gasteiger partial charge in [0, 0.05) is 6.07 Å². The highest BCUT2D eigenvalue weighted by atomic mass is 16.7. The van der Waals surface area contributed by atoms with Gasteiger partial charge in [0.05, 0.1) is 5.69 Å². The molecular formula is C7H6N2O3. The normalized spacial score (nSPS) is 12.7. The molecule has 0 aromatic heterocycles. The van der Waals surface area contributed by atoms with E-state index < -0.39 is 0 Å². The van der Waals surface area contributed by atoms with E-state index in [4.69, 9.17) is 4.74 Å². The molecule has 1 aliphatic rings. The lowest BCUT2D eigenvalue weighted by Gasteiger charge is -1.97. The topological polar surface area (TPSA) is 59.9 Å². The van der Waals surface area contributed by atoms with Gasteiger partial charge < -0.3 is 14.9 Å². The van der Waals surface area contributed by atoms with E-state index in [1.165, 1.54) is 0 Å². The Morgan fingerprint density at radius 1 is 1.58 bits per heavy atom. The molecule has 0 fully saturated rings. The first kappa shape index (κ1) is 6.90. The quantitative estimate of drug-likeness (QED) is 0.534. The van der Waals surface area contributed by atoms with Gasteiger partial charge in [-0.1, -0.05) is 0 Å². The summed E-state index contributed by atoms with van der Waals surface area (Å²) < 4.78 is 5.16. The number of rotatable bonds is 2. The highest BCUT2D eigenvalue weighted by molar-refractivity contribution is 5.61. The van der Waals surface area contributed by atoms with Crippen LogP contribution in [0, 0.1) is 4.91 Å². The van der Waals surface area contributed by atoms with Gasteiger partial charge in [-0.3, -0.25) is 0 Å². The molecule has 2 rings (SSSR count). The molecule has 0 aliphatic carbocycles. The molecular weight excluding hydrogens is 160 g/mol. The predicted octanol–water partition coefficient (Wildman–Crippen LogP) is 1.51. The Balaban J connectivity index is 2.32. The van der Waals surface area contributed by atoms with Crippen LogP contribution in [0.1, 0.15) is 0 Å². The average Bonchev–Trinajstić information content (AvgIpc) is 2.51. The van der Waals surface area contributed by atoms with Crippen molar-refractivity contribution in [2.24, 2.45) is 5.34 Å². The molecule has 1 aromatic carbocycles. The largest absolute Gasteiger partial charge is 0.471 e. The van der Waals surface area contributed by atoms with Crippen LogP contribution >= 0.6 is 0 Å². The minimum Gasteiger partial charge on any atom is -0.471 e. The van der Waals surface area contributed by atoms with Crippen LogP contribution in [0.5, 0.6) is 11.5 Å². The van der Waals surface area contributed by atoms with Crippen molar-refractivity contribution in [3.05, 3.63) is 23.1 Å². The minimum absolute atomic E-state index is 0.404. The number of anilines is 1. The number of ether oxygens (including phenoxy) is 1. The van der Waals surface area contributed by atoms with Crippen molar-refractivity contribution < 1.29 is 9.57 Å². The molecule has 0 atom stereocenters. The van der Waals surface area contributed by atoms with Crippen molar-refractivity contribution >= 4 is 5.69 Å². The van der Waals surface area contributed by atoms with Crippen LogP contribution in [-0.2, 0) is 0 Å². The summed E-state index contributed by atoms with van der Waals surface area (Å²) in [6.45, 7) is 0.452. The number of benzene rings is 1. The van der Waals surface area contributed by atoms with Crippen molar-refractivity contribution in [2.45, 2.75) is 0 Å². The van der Waals surface area contributed by atoms with E-state index in [1.54, 1.807) is 18.2 Å². The van der Waals surface area contributed by atoms with E-state index in [-0.39, 0.29) is 0 Å². The molecule has 0 spiro atoms. The molecule has 62 valence electrons. The van der Waals surface area contributed by atoms with Crippen molar-refractivity contribution in [3.63, 3.8) is 0 Å². The lowest BCUT2D eigenvalue weighted by atomic mass is 10.3. The Kier molecular flexibility index (Phi) is 1.55. The first-order valence-corrected chi connectivity index (χ1v) is 3.40. The second-order valence-electron chi connectivity index (χ2n) is 2.29. The summed E-state index contributed by atoms with van der Waals surface area (Å²) in [4.78, 5) is 14.2. The van der Waals surface area contributed by atoms with Gasteiger partial charge in [-0.05, 0) is 12.1 Å². The Bertz CT molecular complexity index is 314. The van der Waals surface area contributed by atoms with Crippen LogP contribution < -0.4 is 14.9 Å². The molecule has 5 nitrogen and oxygen atoms in total. The van der Waals surface area contributed by atoms with Gasteiger partial charge in [-0.15, -0.1) is 4.91 Å². The van der Waals surface area contributed by atoms with Gasteiger partial charge in [0.15, 0.2) is 17.8 Å². The zero-order valence-corrected chi connectivity index (χ0v) is 6.11. The molecule has 1 heterocycles. The minimum atomic E-state index is 0.404. The first-order valence-electron chi connectivity index (χ1n) is 3.40. The van der Waals surface area contributed by atoms with Gasteiger partial charge in [-0.25, -0.2) is 0 Å². The van der Waals surface area contributed by atoms with Gasteiger partial charge in [-0.2, -0.15) is 0 Å². The second-order valence-corrected chi connectivity index (χ2v) is 2.29. The summed E-state index contributed by atoms with van der Waals surface area (Å²) in [5.74, 6) is 1.16. The molecule has 12 heavy (non-hydrogen) atoms. The van der Waals surface area contributed by atoms with Crippen molar-refractivity contribution in [1.82, 2.24) is 0 Å². The zero-order valence-electron chi connectivity index (χ0n) is 6.11. The highest BCUT2D eigenvalue weighted by Gasteiger charge is 2.11. The van der Waals surface area contributed by atoms with Crippen LogP contribution in [0.2, 0.25) is 0 Å². The third kappa shape index (κ3) is 1.05. The van der Waals surface area contributed by atoms with Crippen LogP contribution in [0.25, 0.3) is 0 Å². The summed E-state index contributed by atoms with van der Waals surface area (Å²) in [6, 6.07) is 4.99. The fraction of sp³-hybridized carbons (Fsp3) is 0.143. The lowest BCUT2D eigenvalue weighted by Crippen LogP contribution is -1.96. The molecule has 0 bridgehead atoms. The molecule has 0 saturated carbocycles. The Hall–Kier alpha value is -1.78. The van der Waals surface area contributed by atoms with Gasteiger partial charge in [0.25, 0.3) is 0 Å². The third-order valence-corrected chi connectivity index (χ3v) is 1.58. The number of nitrogens with zero attached hydrogens (tertiary/aromatic N) is 1. The van der Waals surface area contributed by atoms with Gasteiger partial charge in [0.2, 0.25) is 0 Å². The maximum atomic E-state index is 9.75. The van der Waals surface area contributed by atoms with Gasteiger partial charge >= 0.3 is 0 Å². The fourth-order valence-corrected chi connectivity index (χ4v) is 1.06. The SMILES string of the molecule is O=NOc1ccc2c(c1)NCO2. The summed E-state index contributed by atoms with van der Waals surface area (Å²) in [7, 11) is 0. The monoisotopic (exact) mass is 166 g/mol. The van der Waals surface area contributed by atoms with E-state index in [9.17, 15) is 4.91 Å². The molecule has 1 N–H and O–H groups in total. The molecule has 5 heteroatoms. The van der Waals surface area contributed by atoms with Crippen molar-refractivity contribution in [1.29, 1.82) is 0 Å². The second kappa shape index (κ2) is 2.69. The van der Waals surface area contributed by atoms with Crippen LogP contribution in [0.4, 0.5) is 5.69 Å². The molecule has 0 unspecified atom stereocenters. The smallest absolute Gasteiger partial charge is 0.163 e. The Labute approximate surface area is 68.2 Å². The molecule has 0 radical (unpaired) electrons. The Morgan fingerprint density at radius 2 is 2.50 bits per heavy atom. The van der Waals surface area contributed by atoms with Crippen molar-refractivity contribution in [3.8, 4) is 11.5 Å². The predicted molar refractivity (Wildman–Crippen MR) is 42.0 cm³/mol. The third-order valence-electron chi connectivity index (χ3n) is 1.58. The van der Waals surface area contributed by atoms with E-state index >= 15 is 0 Å². The zero-order chi connectivity index (χ0) is 8.39. The number of nitrogens with one attached hydrogen (secondary N) is 1. The van der Waals surface area contributed by atoms with E-state index in [0.29, 0.717) is 12.5 Å². The summed E-state index contributed by atoms with van der Waals surface area (Å²) in [5, 5.41) is 5.27. The fourth-order valence-electron chi connectivity index (χ4n) is 1.06. The molecule has 0 saturated heterocycles. The summed E-state index contributed by atoms with van der Waals surface area (Å²) in [6.07, 6.45) is 0. The number of hydrogen-bond donors (Lipinski definition) is 1. The van der Waals surface area contributed by atoms with E-state index in [1.807, 2.05) is 0 Å². The lowest BCUT2D eigenvalue weighted by molar-refractivity contribution is 0.334. The number of fused-ring (bicyclic) bond motifs is 1. The summed E-state index contributed by atoms with van der Waals surface area (Å²) in [5.41, 5.74) is 0.816. The van der Waals surface area contributed by atoms with Crippen LogP contribution in [0.3, 0.4) is 0 Å². The first-order chi connectivity index (χ1) is 5.90. The van der Waals surface area contributed by atoms with Crippen LogP contribution in [0.15, 0.2) is 23.5 Å². The molecule has 1 aromatic rings.